The van der Waals surface area contributed by atoms with Crippen molar-refractivity contribution in [2.24, 2.45) is 5.14 Å². The van der Waals surface area contributed by atoms with Gasteiger partial charge in [-0.3, -0.25) is 0 Å². The van der Waals surface area contributed by atoms with Gasteiger partial charge in [0, 0.05) is 6.54 Å². The van der Waals surface area contributed by atoms with E-state index in [0.29, 0.717) is 18.0 Å². The highest BCUT2D eigenvalue weighted by atomic mass is 35.5. The minimum absolute atomic E-state index is 0.0382. The normalized spacial score (nSPS) is 11.2. The Morgan fingerprint density at radius 3 is 2.52 bits per heavy atom. The van der Waals surface area contributed by atoms with Crippen LogP contribution in [0.4, 0.5) is 5.69 Å². The predicted molar refractivity (Wildman–Crippen MR) is 97.6 cm³/mol. The van der Waals surface area contributed by atoms with Gasteiger partial charge >= 0.3 is 5.97 Å². The molecule has 0 unspecified atom stereocenters. The molecule has 6 nitrogen and oxygen atoms in total. The number of hydrogen-bond donors (Lipinski definition) is 2. The highest BCUT2D eigenvalue weighted by Gasteiger charge is 2.21. The number of rotatable bonds is 7. The van der Waals surface area contributed by atoms with Gasteiger partial charge in [0.2, 0.25) is 10.0 Å². The number of nitrogens with two attached hydrogens (primary N) is 1. The number of ether oxygens (including phenoxy) is 1. The molecule has 0 aliphatic carbocycles. The van der Waals surface area contributed by atoms with Crippen LogP contribution in [0.5, 0.6) is 5.75 Å². The molecule has 25 heavy (non-hydrogen) atoms. The van der Waals surface area contributed by atoms with E-state index in [1.807, 2.05) is 6.92 Å². The van der Waals surface area contributed by atoms with Gasteiger partial charge in [0.05, 0.1) is 16.3 Å². The molecule has 134 valence electrons. The summed E-state index contributed by atoms with van der Waals surface area (Å²) in [5.41, 5.74) is 0.359. The molecule has 8 heteroatoms. The third-order valence-corrected chi connectivity index (χ3v) is 4.84. The summed E-state index contributed by atoms with van der Waals surface area (Å²) in [6.07, 6.45) is 1.81. The third kappa shape index (κ3) is 5.19. The molecular formula is C17H19ClN2O4S. The Balaban J connectivity index is 2.39. The summed E-state index contributed by atoms with van der Waals surface area (Å²) in [5.74, 6) is -0.355. The number of primary sulfonamides is 1. The summed E-state index contributed by atoms with van der Waals surface area (Å²) < 4.78 is 28.8. The van der Waals surface area contributed by atoms with Crippen LogP contribution in [0.15, 0.2) is 47.4 Å². The number of carbonyl (C=O) groups excluding carboxylic acids is 1. The maximum atomic E-state index is 12.4. The highest BCUT2D eigenvalue weighted by molar-refractivity contribution is 7.89. The molecule has 0 radical (unpaired) electrons. The number of esters is 1. The van der Waals surface area contributed by atoms with Crippen LogP contribution < -0.4 is 15.2 Å². The lowest BCUT2D eigenvalue weighted by Gasteiger charge is -2.13. The molecule has 0 fully saturated rings. The number of halogens is 1. The summed E-state index contributed by atoms with van der Waals surface area (Å²) in [5, 5.41) is 8.19. The minimum Gasteiger partial charge on any atom is -0.423 e. The molecule has 2 rings (SSSR count). The number of unbranched alkanes of at least 4 members (excludes halogenated alkanes) is 1. The molecule has 0 aliphatic rings. The van der Waals surface area contributed by atoms with Crippen molar-refractivity contribution in [3.05, 3.63) is 53.1 Å². The summed E-state index contributed by atoms with van der Waals surface area (Å²) in [6.45, 7) is 2.60. The molecule has 0 saturated carbocycles. The van der Waals surface area contributed by atoms with Crippen molar-refractivity contribution in [3.63, 3.8) is 0 Å². The van der Waals surface area contributed by atoms with Gasteiger partial charge in [-0.15, -0.1) is 0 Å². The lowest BCUT2D eigenvalue weighted by Crippen LogP contribution is -2.17. The largest absolute Gasteiger partial charge is 0.423 e. The van der Waals surface area contributed by atoms with Crippen LogP contribution in [0.2, 0.25) is 5.02 Å². The molecule has 0 amide bonds. The highest BCUT2D eigenvalue weighted by Crippen LogP contribution is 2.31. The Hall–Kier alpha value is -2.09. The lowest BCUT2D eigenvalue weighted by atomic mass is 10.2. The fraction of sp³-hybridized carbons (Fsp3) is 0.235. The number of carbonyl (C=O) groups is 1. The molecule has 2 aromatic rings. The molecule has 3 N–H and O–H groups in total. The SMILES string of the molecule is CCCCNc1cc(C(=O)Oc2ccccc2)cc(S(N)(=O)=O)c1Cl. The van der Waals surface area contributed by atoms with E-state index in [1.165, 1.54) is 6.07 Å². The van der Waals surface area contributed by atoms with Gasteiger partial charge in [-0.25, -0.2) is 18.4 Å². The second kappa shape index (κ2) is 8.33. The molecule has 2 aromatic carbocycles. The average molecular weight is 383 g/mol. The van der Waals surface area contributed by atoms with Crippen molar-refractivity contribution in [1.82, 2.24) is 0 Å². The topological polar surface area (TPSA) is 98.5 Å². The molecule has 0 spiro atoms. The Kier molecular flexibility index (Phi) is 6.41. The maximum Gasteiger partial charge on any atom is 0.343 e. The first kappa shape index (κ1) is 19.2. The lowest BCUT2D eigenvalue weighted by molar-refractivity contribution is 0.0734. The summed E-state index contributed by atoms with van der Waals surface area (Å²) in [6, 6.07) is 11.0. The van der Waals surface area contributed by atoms with Crippen LogP contribution in [-0.4, -0.2) is 20.9 Å². The zero-order chi connectivity index (χ0) is 18.4. The molecule has 0 heterocycles. The standard InChI is InChI=1S/C17H19ClN2O4S/c1-2-3-9-20-14-10-12(11-15(16(14)18)25(19,22)23)17(21)24-13-7-5-4-6-8-13/h4-8,10-11,20H,2-3,9H2,1H3,(H2,19,22,23). The van der Waals surface area contributed by atoms with E-state index in [9.17, 15) is 13.2 Å². The van der Waals surface area contributed by atoms with Gasteiger partial charge in [-0.2, -0.15) is 0 Å². The van der Waals surface area contributed by atoms with E-state index < -0.39 is 16.0 Å². The molecule has 0 bridgehead atoms. The van der Waals surface area contributed by atoms with Gasteiger partial charge in [-0.05, 0) is 30.7 Å². The Morgan fingerprint density at radius 1 is 1.24 bits per heavy atom. The molecule has 0 atom stereocenters. The van der Waals surface area contributed by atoms with Crippen molar-refractivity contribution < 1.29 is 17.9 Å². The van der Waals surface area contributed by atoms with E-state index >= 15 is 0 Å². The van der Waals surface area contributed by atoms with Crippen molar-refractivity contribution in [3.8, 4) is 5.75 Å². The Labute approximate surface area is 152 Å². The first-order chi connectivity index (χ1) is 11.8. The van der Waals surface area contributed by atoms with E-state index in [2.05, 4.69) is 5.32 Å². The van der Waals surface area contributed by atoms with E-state index in [0.717, 1.165) is 18.9 Å². The smallest absolute Gasteiger partial charge is 0.343 e. The fourth-order valence-corrected chi connectivity index (χ4v) is 3.26. The van der Waals surface area contributed by atoms with Crippen LogP contribution in [0, 0.1) is 0 Å². The van der Waals surface area contributed by atoms with Crippen molar-refractivity contribution in [2.75, 3.05) is 11.9 Å². The summed E-state index contributed by atoms with van der Waals surface area (Å²) in [7, 11) is -4.10. The summed E-state index contributed by atoms with van der Waals surface area (Å²) in [4.78, 5) is 12.0. The minimum atomic E-state index is -4.10. The second-order valence-electron chi connectivity index (χ2n) is 5.36. The van der Waals surface area contributed by atoms with Gasteiger partial charge in [0.15, 0.2) is 0 Å². The fourth-order valence-electron chi connectivity index (χ4n) is 2.11. The van der Waals surface area contributed by atoms with Gasteiger partial charge in [0.25, 0.3) is 0 Å². The number of para-hydroxylation sites is 1. The zero-order valence-electron chi connectivity index (χ0n) is 13.7. The monoisotopic (exact) mass is 382 g/mol. The number of nitrogens with one attached hydrogen (secondary N) is 1. The van der Waals surface area contributed by atoms with Gasteiger partial charge < -0.3 is 10.1 Å². The molecular weight excluding hydrogens is 364 g/mol. The first-order valence-corrected chi connectivity index (χ1v) is 9.62. The number of anilines is 1. The number of benzene rings is 2. The second-order valence-corrected chi connectivity index (χ2v) is 7.27. The first-order valence-electron chi connectivity index (χ1n) is 7.70. The predicted octanol–water partition coefficient (Wildman–Crippen LogP) is 3.42. The third-order valence-electron chi connectivity index (χ3n) is 3.38. The molecule has 0 aromatic heterocycles. The maximum absolute atomic E-state index is 12.4. The Bertz CT molecular complexity index is 854. The quantitative estimate of drug-likeness (QED) is 0.434. The average Bonchev–Trinajstić information content (AvgIpc) is 2.56. The van der Waals surface area contributed by atoms with Crippen LogP contribution >= 0.6 is 11.6 Å². The Morgan fingerprint density at radius 2 is 1.92 bits per heavy atom. The van der Waals surface area contributed by atoms with Crippen LogP contribution in [-0.2, 0) is 10.0 Å². The van der Waals surface area contributed by atoms with Crippen LogP contribution in [0.1, 0.15) is 30.1 Å². The molecule has 0 aliphatic heterocycles. The number of hydrogen-bond acceptors (Lipinski definition) is 5. The number of sulfonamides is 1. The van der Waals surface area contributed by atoms with Crippen molar-refractivity contribution in [2.45, 2.75) is 24.7 Å². The van der Waals surface area contributed by atoms with Crippen molar-refractivity contribution in [1.29, 1.82) is 0 Å². The van der Waals surface area contributed by atoms with Crippen LogP contribution in [0.25, 0.3) is 0 Å². The van der Waals surface area contributed by atoms with Gasteiger partial charge in [-0.1, -0.05) is 43.1 Å². The van der Waals surface area contributed by atoms with Crippen molar-refractivity contribution >= 4 is 33.3 Å². The van der Waals surface area contributed by atoms with E-state index in [4.69, 9.17) is 21.5 Å². The summed E-state index contributed by atoms with van der Waals surface area (Å²) >= 11 is 6.14. The zero-order valence-corrected chi connectivity index (χ0v) is 15.2. The molecule has 0 saturated heterocycles. The van der Waals surface area contributed by atoms with Gasteiger partial charge in [0.1, 0.15) is 10.6 Å². The van der Waals surface area contributed by atoms with Crippen LogP contribution in [0.3, 0.4) is 0 Å². The van der Waals surface area contributed by atoms with E-state index in [-0.39, 0.29) is 15.5 Å². The van der Waals surface area contributed by atoms with E-state index in [1.54, 1.807) is 30.3 Å².